The Balaban J connectivity index is 2.65. The van der Waals surface area contributed by atoms with Gasteiger partial charge in [-0.15, -0.1) is 0 Å². The van der Waals surface area contributed by atoms with E-state index in [1.54, 1.807) is 0 Å². The standard InChI is InChI=1S/C17H24N2O2/c1-9-10(2)12(4)16-15(11(9)3)13(8-19(16)5)7-14(18)17(20)21-6/h8,14H,7,18H2,1-6H3. The Kier molecular flexibility index (Phi) is 4.10. The van der Waals surface area contributed by atoms with Crippen LogP contribution in [-0.4, -0.2) is 23.7 Å². The number of methoxy groups -OCH3 is 1. The monoisotopic (exact) mass is 288 g/mol. The molecule has 0 bridgehead atoms. The first-order valence-electron chi connectivity index (χ1n) is 7.17. The molecule has 0 aliphatic heterocycles. The lowest BCUT2D eigenvalue weighted by molar-refractivity contribution is -0.142. The van der Waals surface area contributed by atoms with Crippen LogP contribution in [0.2, 0.25) is 0 Å². The van der Waals surface area contributed by atoms with Gasteiger partial charge in [-0.3, -0.25) is 4.79 Å². The van der Waals surface area contributed by atoms with Gasteiger partial charge in [0.1, 0.15) is 6.04 Å². The molecule has 2 rings (SSSR count). The smallest absolute Gasteiger partial charge is 0.322 e. The average molecular weight is 288 g/mol. The molecule has 0 amide bonds. The van der Waals surface area contributed by atoms with Crippen molar-refractivity contribution in [1.29, 1.82) is 0 Å². The molecule has 0 radical (unpaired) electrons. The summed E-state index contributed by atoms with van der Waals surface area (Å²) in [7, 11) is 3.41. The number of rotatable bonds is 3. The molecule has 1 atom stereocenters. The normalized spacial score (nSPS) is 12.7. The van der Waals surface area contributed by atoms with Gasteiger partial charge in [-0.2, -0.15) is 0 Å². The fourth-order valence-electron chi connectivity index (χ4n) is 3.12. The van der Waals surface area contributed by atoms with Crippen LogP contribution in [-0.2, 0) is 23.0 Å². The second kappa shape index (κ2) is 5.53. The molecule has 0 spiro atoms. The summed E-state index contributed by atoms with van der Waals surface area (Å²) in [5.41, 5.74) is 13.4. The van der Waals surface area contributed by atoms with Crippen molar-refractivity contribution >= 4 is 16.9 Å². The van der Waals surface area contributed by atoms with E-state index in [2.05, 4.69) is 38.5 Å². The van der Waals surface area contributed by atoms with Gasteiger partial charge in [-0.25, -0.2) is 0 Å². The van der Waals surface area contributed by atoms with Gasteiger partial charge < -0.3 is 15.0 Å². The van der Waals surface area contributed by atoms with Crippen molar-refractivity contribution in [3.05, 3.63) is 34.0 Å². The molecule has 1 heterocycles. The molecule has 4 heteroatoms. The maximum absolute atomic E-state index is 11.6. The Hall–Kier alpha value is -1.81. The van der Waals surface area contributed by atoms with E-state index < -0.39 is 6.04 Å². The third-order valence-electron chi connectivity index (χ3n) is 4.62. The number of esters is 1. The van der Waals surface area contributed by atoms with E-state index in [1.807, 2.05) is 7.05 Å². The van der Waals surface area contributed by atoms with E-state index in [0.29, 0.717) is 6.42 Å². The van der Waals surface area contributed by atoms with Crippen LogP contribution in [0.1, 0.15) is 27.8 Å². The number of aryl methyl sites for hydroxylation is 3. The number of nitrogens with zero attached hydrogens (tertiary/aromatic N) is 1. The summed E-state index contributed by atoms with van der Waals surface area (Å²) in [6.07, 6.45) is 2.57. The number of hydrogen-bond donors (Lipinski definition) is 1. The Bertz CT molecular complexity index is 714. The largest absolute Gasteiger partial charge is 0.468 e. The Labute approximate surface area is 125 Å². The van der Waals surface area contributed by atoms with Crippen LogP contribution in [0, 0.1) is 27.7 Å². The maximum atomic E-state index is 11.6. The third-order valence-corrected chi connectivity index (χ3v) is 4.62. The van der Waals surface area contributed by atoms with Crippen molar-refractivity contribution < 1.29 is 9.53 Å². The molecule has 0 aliphatic carbocycles. The zero-order valence-corrected chi connectivity index (χ0v) is 13.7. The number of hydrogen-bond acceptors (Lipinski definition) is 3. The Morgan fingerprint density at radius 2 is 1.76 bits per heavy atom. The second-order valence-corrected chi connectivity index (χ2v) is 5.82. The van der Waals surface area contributed by atoms with Gasteiger partial charge in [0, 0.05) is 25.1 Å². The summed E-state index contributed by atoms with van der Waals surface area (Å²) in [5.74, 6) is -0.370. The van der Waals surface area contributed by atoms with Crippen molar-refractivity contribution in [2.45, 2.75) is 40.2 Å². The number of carbonyl (C=O) groups is 1. The highest BCUT2D eigenvalue weighted by atomic mass is 16.5. The summed E-state index contributed by atoms with van der Waals surface area (Å²) in [6, 6.07) is -0.623. The van der Waals surface area contributed by atoms with Crippen LogP contribution in [0.15, 0.2) is 6.20 Å². The van der Waals surface area contributed by atoms with Crippen molar-refractivity contribution in [2.24, 2.45) is 12.8 Å². The highest BCUT2D eigenvalue weighted by molar-refractivity contribution is 5.92. The summed E-state index contributed by atoms with van der Waals surface area (Å²) in [4.78, 5) is 11.6. The number of nitrogens with two attached hydrogens (primary N) is 1. The fourth-order valence-corrected chi connectivity index (χ4v) is 3.12. The van der Waals surface area contributed by atoms with Gasteiger partial charge in [0.25, 0.3) is 0 Å². The lowest BCUT2D eigenvalue weighted by Gasteiger charge is -2.14. The number of carbonyl (C=O) groups excluding carboxylic acids is 1. The highest BCUT2D eigenvalue weighted by Crippen LogP contribution is 2.32. The fraction of sp³-hybridized carbons (Fsp3) is 0.471. The van der Waals surface area contributed by atoms with Crippen LogP contribution in [0.5, 0.6) is 0 Å². The van der Waals surface area contributed by atoms with E-state index in [0.717, 1.165) is 5.56 Å². The molecule has 4 nitrogen and oxygen atoms in total. The molecule has 21 heavy (non-hydrogen) atoms. The van der Waals surface area contributed by atoms with Gasteiger partial charge in [-0.1, -0.05) is 0 Å². The van der Waals surface area contributed by atoms with Crippen molar-refractivity contribution in [3.8, 4) is 0 Å². The lowest BCUT2D eigenvalue weighted by atomic mass is 9.92. The van der Waals surface area contributed by atoms with Crippen LogP contribution >= 0.6 is 0 Å². The molecular formula is C17H24N2O2. The minimum atomic E-state index is -0.623. The average Bonchev–Trinajstić information content (AvgIpc) is 2.78. The summed E-state index contributed by atoms with van der Waals surface area (Å²) >= 11 is 0. The number of ether oxygens (including phenoxy) is 1. The first kappa shape index (κ1) is 15.6. The predicted octanol–water partition coefficient (Wildman–Crippen LogP) is 2.45. The molecule has 0 saturated heterocycles. The first-order chi connectivity index (χ1) is 9.79. The van der Waals surface area contributed by atoms with Crippen molar-refractivity contribution in [1.82, 2.24) is 4.57 Å². The molecular weight excluding hydrogens is 264 g/mol. The van der Waals surface area contributed by atoms with Crippen LogP contribution in [0.25, 0.3) is 10.9 Å². The minimum Gasteiger partial charge on any atom is -0.468 e. The number of benzene rings is 1. The molecule has 1 aromatic carbocycles. The van der Waals surface area contributed by atoms with Gasteiger partial charge >= 0.3 is 5.97 Å². The zero-order chi connectivity index (χ0) is 15.9. The minimum absolute atomic E-state index is 0.370. The number of fused-ring (bicyclic) bond motifs is 1. The molecule has 1 unspecified atom stereocenters. The zero-order valence-electron chi connectivity index (χ0n) is 13.7. The van der Waals surface area contributed by atoms with Gasteiger partial charge in [-0.05, 0) is 55.5 Å². The third kappa shape index (κ3) is 2.44. The SMILES string of the molecule is COC(=O)C(N)Cc1cn(C)c2c(C)c(C)c(C)c(C)c12. The highest BCUT2D eigenvalue weighted by Gasteiger charge is 2.20. The van der Waals surface area contributed by atoms with Crippen molar-refractivity contribution in [3.63, 3.8) is 0 Å². The van der Waals surface area contributed by atoms with E-state index in [-0.39, 0.29) is 5.97 Å². The molecule has 0 fully saturated rings. The molecule has 0 saturated carbocycles. The van der Waals surface area contributed by atoms with Crippen LogP contribution in [0.3, 0.4) is 0 Å². The van der Waals surface area contributed by atoms with Crippen LogP contribution in [0.4, 0.5) is 0 Å². The lowest BCUT2D eigenvalue weighted by Crippen LogP contribution is -2.33. The van der Waals surface area contributed by atoms with Gasteiger partial charge in [0.2, 0.25) is 0 Å². The van der Waals surface area contributed by atoms with E-state index in [4.69, 9.17) is 10.5 Å². The summed E-state index contributed by atoms with van der Waals surface area (Å²) < 4.78 is 6.86. The van der Waals surface area contributed by atoms with Crippen molar-refractivity contribution in [2.75, 3.05) is 7.11 Å². The molecule has 114 valence electrons. The number of aromatic nitrogens is 1. The topological polar surface area (TPSA) is 57.2 Å². The van der Waals surface area contributed by atoms with E-state index in [9.17, 15) is 4.79 Å². The first-order valence-corrected chi connectivity index (χ1v) is 7.17. The molecule has 2 N–H and O–H groups in total. The predicted molar refractivity (Wildman–Crippen MR) is 85.6 cm³/mol. The molecule has 0 aliphatic rings. The van der Waals surface area contributed by atoms with E-state index in [1.165, 1.54) is 40.3 Å². The van der Waals surface area contributed by atoms with Gasteiger partial charge in [0.05, 0.1) is 12.6 Å². The molecule has 2 aromatic rings. The quantitative estimate of drug-likeness (QED) is 0.883. The maximum Gasteiger partial charge on any atom is 0.322 e. The van der Waals surface area contributed by atoms with Gasteiger partial charge in [0.15, 0.2) is 0 Å². The van der Waals surface area contributed by atoms with Crippen LogP contribution < -0.4 is 5.73 Å². The summed E-state index contributed by atoms with van der Waals surface area (Å²) in [5, 5.41) is 1.22. The molecule has 1 aromatic heterocycles. The second-order valence-electron chi connectivity index (χ2n) is 5.82. The van der Waals surface area contributed by atoms with E-state index >= 15 is 0 Å². The summed E-state index contributed by atoms with van der Waals surface area (Å²) in [6.45, 7) is 8.59. The Morgan fingerprint density at radius 1 is 1.19 bits per heavy atom. The Morgan fingerprint density at radius 3 is 2.33 bits per heavy atom.